The van der Waals surface area contributed by atoms with E-state index in [1.807, 2.05) is 0 Å². The van der Waals surface area contributed by atoms with E-state index >= 15 is 0 Å². The number of alkyl halides is 5. The van der Waals surface area contributed by atoms with Gasteiger partial charge in [0.05, 0.1) is 5.69 Å². The minimum atomic E-state index is -4.79. The number of hydrogen-bond acceptors (Lipinski definition) is 4. The molecule has 0 fully saturated rings. The lowest BCUT2D eigenvalue weighted by molar-refractivity contribution is -0.274. The molecule has 0 bridgehead atoms. The first-order chi connectivity index (χ1) is 11.5. The molecule has 1 aromatic carbocycles. The van der Waals surface area contributed by atoms with E-state index in [0.717, 1.165) is 16.6 Å². The lowest BCUT2D eigenvalue weighted by Gasteiger charge is -2.10. The Morgan fingerprint density at radius 1 is 1.00 bits per heavy atom. The maximum Gasteiger partial charge on any atom is 0.573 e. The predicted molar refractivity (Wildman–Crippen MR) is 77.2 cm³/mol. The molecular weight excluding hydrogens is 347 g/mol. The van der Waals surface area contributed by atoms with Crippen molar-refractivity contribution in [3.8, 4) is 17.0 Å². The minimum absolute atomic E-state index is 0.178. The molecule has 0 amide bonds. The zero-order chi connectivity index (χ0) is 18.4. The third-order valence-corrected chi connectivity index (χ3v) is 3.33. The molecular formula is C15H11F5N4O. The zero-order valence-corrected chi connectivity index (χ0v) is 13.0. The molecule has 132 valence electrons. The molecule has 2 aromatic heterocycles. The molecule has 2 heterocycles. The molecule has 0 N–H and O–H groups in total. The first kappa shape index (κ1) is 17.1. The third kappa shape index (κ3) is 3.52. The molecule has 10 heteroatoms. The molecule has 0 aliphatic heterocycles. The Balaban J connectivity index is 2.04. The van der Waals surface area contributed by atoms with Crippen LogP contribution >= 0.6 is 0 Å². The third-order valence-electron chi connectivity index (χ3n) is 3.33. The molecule has 3 aromatic rings. The summed E-state index contributed by atoms with van der Waals surface area (Å²) in [5, 5.41) is 11.3. The lowest BCUT2D eigenvalue weighted by Crippen LogP contribution is -2.17. The summed E-state index contributed by atoms with van der Waals surface area (Å²) in [6, 6.07) is 6.52. The first-order valence-electron chi connectivity index (χ1n) is 7.02. The molecule has 0 radical (unpaired) electrons. The van der Waals surface area contributed by atoms with Crippen molar-refractivity contribution in [3.05, 3.63) is 41.7 Å². The van der Waals surface area contributed by atoms with E-state index in [1.165, 1.54) is 12.1 Å². The van der Waals surface area contributed by atoms with Gasteiger partial charge in [-0.15, -0.1) is 23.4 Å². The van der Waals surface area contributed by atoms with Gasteiger partial charge in [-0.25, -0.2) is 0 Å². The molecule has 0 aliphatic rings. The Morgan fingerprint density at radius 3 is 2.20 bits per heavy atom. The van der Waals surface area contributed by atoms with Gasteiger partial charge in [-0.3, -0.25) is 0 Å². The topological polar surface area (TPSA) is 52.3 Å². The van der Waals surface area contributed by atoms with E-state index in [2.05, 4.69) is 20.0 Å². The number of halogens is 5. The summed E-state index contributed by atoms with van der Waals surface area (Å²) in [7, 11) is 0. The van der Waals surface area contributed by atoms with Gasteiger partial charge in [0.25, 0.3) is 0 Å². The van der Waals surface area contributed by atoms with Crippen molar-refractivity contribution in [2.45, 2.75) is 26.1 Å². The van der Waals surface area contributed by atoms with Crippen LogP contribution in [-0.2, 0) is 5.92 Å². The summed E-state index contributed by atoms with van der Waals surface area (Å²) < 4.78 is 68.5. The van der Waals surface area contributed by atoms with Crippen LogP contribution in [0, 0.1) is 6.92 Å². The highest BCUT2D eigenvalue weighted by Crippen LogP contribution is 2.29. The second kappa shape index (κ2) is 5.64. The summed E-state index contributed by atoms with van der Waals surface area (Å²) >= 11 is 0. The average Bonchev–Trinajstić information content (AvgIpc) is 2.91. The van der Waals surface area contributed by atoms with Crippen LogP contribution in [0.3, 0.4) is 0 Å². The summed E-state index contributed by atoms with van der Waals surface area (Å²) in [6.07, 6.45) is -4.79. The van der Waals surface area contributed by atoms with Gasteiger partial charge in [-0.2, -0.15) is 18.4 Å². The van der Waals surface area contributed by atoms with E-state index in [4.69, 9.17) is 0 Å². The quantitative estimate of drug-likeness (QED) is 0.661. The van der Waals surface area contributed by atoms with Gasteiger partial charge in [0.1, 0.15) is 5.75 Å². The smallest absolute Gasteiger partial charge is 0.406 e. The van der Waals surface area contributed by atoms with Gasteiger partial charge in [0, 0.05) is 12.5 Å². The van der Waals surface area contributed by atoms with Gasteiger partial charge in [0.2, 0.25) is 5.82 Å². The maximum atomic E-state index is 13.6. The molecule has 3 rings (SSSR count). The van der Waals surface area contributed by atoms with Crippen molar-refractivity contribution in [1.82, 2.24) is 19.8 Å². The van der Waals surface area contributed by atoms with E-state index < -0.39 is 18.1 Å². The Bertz CT molecular complexity index is 913. The fraction of sp³-hybridized carbons (Fsp3) is 0.267. The summed E-state index contributed by atoms with van der Waals surface area (Å²) in [6.45, 7) is 2.32. The first-order valence-corrected chi connectivity index (χ1v) is 7.02. The second-order valence-corrected chi connectivity index (χ2v) is 5.43. The fourth-order valence-electron chi connectivity index (χ4n) is 2.27. The second-order valence-electron chi connectivity index (χ2n) is 5.43. The molecule has 0 unspecified atom stereocenters. The highest BCUT2D eigenvalue weighted by molar-refractivity contribution is 5.63. The highest BCUT2D eigenvalue weighted by Gasteiger charge is 2.32. The van der Waals surface area contributed by atoms with Crippen molar-refractivity contribution in [2.75, 3.05) is 0 Å². The monoisotopic (exact) mass is 358 g/mol. The number of aryl methyl sites for hydroxylation is 1. The fourth-order valence-corrected chi connectivity index (χ4v) is 2.27. The van der Waals surface area contributed by atoms with Crippen LogP contribution in [0.25, 0.3) is 16.9 Å². The number of ether oxygens (including phenoxy) is 1. The van der Waals surface area contributed by atoms with Gasteiger partial charge < -0.3 is 4.74 Å². The molecule has 5 nitrogen and oxygen atoms in total. The van der Waals surface area contributed by atoms with Crippen LogP contribution < -0.4 is 4.74 Å². The molecule has 0 atom stereocenters. The zero-order valence-electron chi connectivity index (χ0n) is 13.0. The molecule has 25 heavy (non-hydrogen) atoms. The van der Waals surface area contributed by atoms with Gasteiger partial charge in [0.15, 0.2) is 5.65 Å². The number of hydrogen-bond donors (Lipinski definition) is 0. The maximum absolute atomic E-state index is 13.6. The van der Waals surface area contributed by atoms with Crippen molar-refractivity contribution in [3.63, 3.8) is 0 Å². The normalized spacial score (nSPS) is 12.6. The summed E-state index contributed by atoms with van der Waals surface area (Å²) in [4.78, 5) is 0. The van der Waals surface area contributed by atoms with Crippen molar-refractivity contribution in [1.29, 1.82) is 0 Å². The van der Waals surface area contributed by atoms with E-state index in [0.29, 0.717) is 18.1 Å². The van der Waals surface area contributed by atoms with Crippen LogP contribution in [0.5, 0.6) is 5.75 Å². The highest BCUT2D eigenvalue weighted by atomic mass is 19.4. The van der Waals surface area contributed by atoms with Gasteiger partial charge >= 0.3 is 12.3 Å². The molecule has 0 aliphatic carbocycles. The van der Waals surface area contributed by atoms with Crippen LogP contribution in [0.15, 0.2) is 30.3 Å². The number of aromatic nitrogens is 4. The van der Waals surface area contributed by atoms with Gasteiger partial charge in [-0.05, 0) is 42.8 Å². The average molecular weight is 358 g/mol. The molecule has 0 spiro atoms. The minimum Gasteiger partial charge on any atom is -0.406 e. The summed E-state index contributed by atoms with van der Waals surface area (Å²) in [5.41, 5.74) is 1.44. The van der Waals surface area contributed by atoms with Crippen LogP contribution in [0.4, 0.5) is 22.0 Å². The Hall–Kier alpha value is -2.78. The van der Waals surface area contributed by atoms with Crippen molar-refractivity contribution < 1.29 is 26.7 Å². The van der Waals surface area contributed by atoms with E-state index in [1.54, 1.807) is 13.0 Å². The number of nitrogens with zero attached hydrogens (tertiary/aromatic N) is 4. The standard InChI is InChI=1S/C15H11F5N4O/c1-8-7-11(9-3-5-10(6-4-9)25-15(18,19)20)23-24-12(8)21-22-13(24)14(2,16)17/h3-7H,1-2H3. The van der Waals surface area contributed by atoms with Gasteiger partial charge in [-0.1, -0.05) is 0 Å². The summed E-state index contributed by atoms with van der Waals surface area (Å²) in [5.74, 6) is -4.26. The van der Waals surface area contributed by atoms with Crippen LogP contribution in [0.1, 0.15) is 18.3 Å². The number of rotatable bonds is 3. The molecule has 0 saturated carbocycles. The Morgan fingerprint density at radius 2 is 1.64 bits per heavy atom. The van der Waals surface area contributed by atoms with E-state index in [-0.39, 0.29) is 17.1 Å². The predicted octanol–water partition coefficient (Wildman–Crippen LogP) is 4.11. The van der Waals surface area contributed by atoms with Crippen LogP contribution in [-0.4, -0.2) is 26.2 Å². The lowest BCUT2D eigenvalue weighted by atomic mass is 10.1. The van der Waals surface area contributed by atoms with Crippen LogP contribution in [0.2, 0.25) is 0 Å². The number of benzene rings is 1. The van der Waals surface area contributed by atoms with Crippen molar-refractivity contribution in [2.24, 2.45) is 0 Å². The van der Waals surface area contributed by atoms with E-state index in [9.17, 15) is 22.0 Å². The largest absolute Gasteiger partial charge is 0.573 e. The Kier molecular flexibility index (Phi) is 3.85. The number of fused-ring (bicyclic) bond motifs is 1. The Labute approximate surface area is 138 Å². The SMILES string of the molecule is Cc1cc(-c2ccc(OC(F)(F)F)cc2)nn2c(C(C)(F)F)nnc12. The molecule has 0 saturated heterocycles. The van der Waals surface area contributed by atoms with Crippen molar-refractivity contribution >= 4 is 5.65 Å².